The lowest BCUT2D eigenvalue weighted by Crippen LogP contribution is -2.16. The van der Waals surface area contributed by atoms with Gasteiger partial charge in [0.25, 0.3) is 31.8 Å². The minimum atomic E-state index is -4.08. The normalized spacial score (nSPS) is 11.3. The highest BCUT2D eigenvalue weighted by Crippen LogP contribution is 2.35. The number of halogens is 5. The number of ether oxygens (including phenoxy) is 2. The van der Waals surface area contributed by atoms with Gasteiger partial charge in [0, 0.05) is 18.1 Å². The highest BCUT2D eigenvalue weighted by Gasteiger charge is 2.25. The Morgan fingerprint density at radius 2 is 1.33 bits per heavy atom. The summed E-state index contributed by atoms with van der Waals surface area (Å²) in [6.45, 7) is 0.423. The number of thioether (sulfide) groups is 2. The van der Waals surface area contributed by atoms with Crippen LogP contribution in [0.1, 0.15) is 6.42 Å². The van der Waals surface area contributed by atoms with Crippen LogP contribution in [0.3, 0.4) is 0 Å². The van der Waals surface area contributed by atoms with Crippen molar-refractivity contribution in [2.45, 2.75) is 26.3 Å². The van der Waals surface area contributed by atoms with Gasteiger partial charge in [0.05, 0.1) is 46.9 Å². The lowest BCUT2D eigenvalue weighted by atomic mass is 10.4. The molecule has 0 unspecified atom stereocenters. The molecule has 0 aliphatic heterocycles. The first-order valence-corrected chi connectivity index (χ1v) is 20.5. The molecule has 2 aromatic carbocycles. The predicted molar refractivity (Wildman–Crippen MR) is 199 cm³/mol. The highest BCUT2D eigenvalue weighted by atomic mass is 35.5. The second-order valence-corrected chi connectivity index (χ2v) is 16.6. The number of sulfonamides is 2. The minimum Gasteiger partial charge on any atom is -0.481 e. The molecule has 51 heavy (non-hydrogen) atoms. The summed E-state index contributed by atoms with van der Waals surface area (Å²) in [6.07, 6.45) is 1.27. The third-order valence-corrected chi connectivity index (χ3v) is 12.6. The molecule has 0 aliphatic rings. The Morgan fingerprint density at radius 1 is 0.804 bits per heavy atom. The molecule has 24 heteroatoms. The van der Waals surface area contributed by atoms with Gasteiger partial charge in [0.15, 0.2) is 5.15 Å². The van der Waals surface area contributed by atoms with E-state index in [0.717, 1.165) is 11.8 Å². The van der Waals surface area contributed by atoms with Crippen LogP contribution in [-0.2, 0) is 24.8 Å². The number of nitrogens with two attached hydrogens (primary N) is 1. The van der Waals surface area contributed by atoms with Gasteiger partial charge in [-0.15, -0.1) is 23.5 Å². The number of nitrogens with one attached hydrogen (secondary N) is 2. The maximum atomic E-state index is 12.6. The van der Waals surface area contributed by atoms with Gasteiger partial charge in [-0.2, -0.15) is 0 Å². The van der Waals surface area contributed by atoms with Crippen LogP contribution in [0.15, 0.2) is 62.4 Å². The van der Waals surface area contributed by atoms with E-state index in [1.165, 1.54) is 68.6 Å². The second-order valence-electron chi connectivity index (χ2n) is 9.19. The molecule has 0 amide bonds. The molecule has 0 saturated heterocycles. The molecule has 0 spiro atoms. The molecule has 2 aromatic heterocycles. The van der Waals surface area contributed by atoms with Crippen LogP contribution in [0, 0.1) is 0 Å². The SMILES string of the molecule is COc1nc(SCCC(=O)O)cnc1NS(=O)(=O)c1cccc(Cl)c1Cl.COc1nc(SCCN)c(Cl)nc1NS(=O)(=O)c1cccc(Cl)c1Cl. The van der Waals surface area contributed by atoms with Gasteiger partial charge in [-0.1, -0.05) is 70.1 Å². The first-order valence-electron chi connectivity index (χ1n) is 13.7. The number of nitrogens with zero attached hydrogens (tertiary/aromatic N) is 4. The molecule has 0 fully saturated rings. The lowest BCUT2D eigenvalue weighted by Gasteiger charge is -2.13. The van der Waals surface area contributed by atoms with Gasteiger partial charge in [-0.25, -0.2) is 36.8 Å². The molecule has 4 rings (SSSR count). The Balaban J connectivity index is 0.000000276. The molecule has 0 bridgehead atoms. The summed E-state index contributed by atoms with van der Waals surface area (Å²) in [5.74, 6) is -0.471. The molecule has 0 saturated carbocycles. The second kappa shape index (κ2) is 19.4. The first-order chi connectivity index (χ1) is 24.0. The van der Waals surface area contributed by atoms with E-state index in [1.54, 1.807) is 0 Å². The molecular weight excluding hydrogens is 856 g/mol. The maximum Gasteiger partial charge on any atom is 0.304 e. The van der Waals surface area contributed by atoms with Crippen molar-refractivity contribution in [3.63, 3.8) is 0 Å². The summed E-state index contributed by atoms with van der Waals surface area (Å²) >= 11 is 32.1. The third-order valence-electron chi connectivity index (χ3n) is 5.69. The average molecular weight is 882 g/mol. The van der Waals surface area contributed by atoms with Gasteiger partial charge >= 0.3 is 5.97 Å². The molecule has 0 aliphatic carbocycles. The van der Waals surface area contributed by atoms with Gasteiger partial charge in [0.1, 0.15) is 19.8 Å². The molecule has 4 aromatic rings. The highest BCUT2D eigenvalue weighted by molar-refractivity contribution is 7.99. The lowest BCUT2D eigenvalue weighted by molar-refractivity contribution is -0.136. The zero-order valence-corrected chi connectivity index (χ0v) is 33.1. The molecular formula is C27H26Cl5N7O8S4. The number of aromatic nitrogens is 4. The van der Waals surface area contributed by atoms with Crippen molar-refractivity contribution in [1.29, 1.82) is 0 Å². The van der Waals surface area contributed by atoms with E-state index in [-0.39, 0.29) is 70.6 Å². The quantitative estimate of drug-likeness (QED) is 0.0941. The van der Waals surface area contributed by atoms with Crippen molar-refractivity contribution in [1.82, 2.24) is 19.9 Å². The zero-order valence-electron chi connectivity index (χ0n) is 26.1. The van der Waals surface area contributed by atoms with E-state index < -0.39 is 26.0 Å². The number of anilines is 2. The van der Waals surface area contributed by atoms with Crippen LogP contribution in [0.25, 0.3) is 0 Å². The number of hydrogen-bond donors (Lipinski definition) is 4. The molecule has 0 radical (unpaired) electrons. The number of aliphatic carboxylic acids is 1. The Labute approximate surface area is 326 Å². The van der Waals surface area contributed by atoms with E-state index in [4.69, 9.17) is 78.3 Å². The maximum absolute atomic E-state index is 12.6. The summed E-state index contributed by atoms with van der Waals surface area (Å²) in [5, 5.41) is 9.42. The number of benzene rings is 2. The number of hydrogen-bond acceptors (Lipinski definition) is 14. The number of rotatable bonds is 15. The number of carbonyl (C=O) groups is 1. The summed E-state index contributed by atoms with van der Waals surface area (Å²) in [4.78, 5) is 26.4. The standard InChI is InChI=1S/C14H13Cl2N3O5S2.C13H13Cl3N4O3S2/c1-24-14-13(17-7-10(18-14)25-6-5-11(20)21)19-26(22,23)9-4-2-3-8(15)12(9)16;1-23-12-11(18-10(16)13(19-12)24-6-5-17)20-25(21,22)8-4-2-3-7(14)9(8)15/h2-4,7H,5-6H2,1H3,(H,17,19)(H,20,21);2-4H,5-6,17H2,1H3,(H,18,20). The zero-order chi connectivity index (χ0) is 37.9. The topological polar surface area (TPSA) is 226 Å². The molecule has 0 atom stereocenters. The number of carboxylic acid groups (broad SMARTS) is 1. The molecule has 276 valence electrons. The summed E-state index contributed by atoms with van der Waals surface area (Å²) in [5.41, 5.74) is 5.44. The molecule has 5 N–H and O–H groups in total. The van der Waals surface area contributed by atoms with E-state index in [0.29, 0.717) is 22.3 Å². The minimum absolute atomic E-state index is 0.0224. The van der Waals surface area contributed by atoms with Crippen LogP contribution in [0.4, 0.5) is 11.6 Å². The van der Waals surface area contributed by atoms with Gasteiger partial charge in [-0.3, -0.25) is 14.2 Å². The fourth-order valence-electron chi connectivity index (χ4n) is 3.47. The van der Waals surface area contributed by atoms with Crippen molar-refractivity contribution in [2.75, 3.05) is 41.7 Å². The Kier molecular flexibility index (Phi) is 16.2. The van der Waals surface area contributed by atoms with Crippen molar-refractivity contribution >= 4 is 119 Å². The smallest absolute Gasteiger partial charge is 0.304 e. The van der Waals surface area contributed by atoms with Crippen molar-refractivity contribution in [2.24, 2.45) is 5.73 Å². The Bertz CT molecular complexity index is 2100. The average Bonchev–Trinajstić information content (AvgIpc) is 3.07. The van der Waals surface area contributed by atoms with Gasteiger partial charge < -0.3 is 20.3 Å². The number of methoxy groups -OCH3 is 2. The van der Waals surface area contributed by atoms with Gasteiger partial charge in [-0.05, 0) is 24.3 Å². The van der Waals surface area contributed by atoms with E-state index in [2.05, 4.69) is 29.4 Å². The largest absolute Gasteiger partial charge is 0.481 e. The molecule has 15 nitrogen and oxygen atoms in total. The van der Waals surface area contributed by atoms with Crippen molar-refractivity contribution < 1.29 is 36.2 Å². The van der Waals surface area contributed by atoms with E-state index in [1.807, 2.05) is 0 Å². The fraction of sp³-hybridized carbons (Fsp3) is 0.222. The molecule has 2 heterocycles. The number of carboxylic acids is 1. The summed E-state index contributed by atoms with van der Waals surface area (Å²) in [7, 11) is -5.52. The van der Waals surface area contributed by atoms with E-state index >= 15 is 0 Å². The van der Waals surface area contributed by atoms with Crippen LogP contribution in [0.5, 0.6) is 11.8 Å². The van der Waals surface area contributed by atoms with Crippen LogP contribution < -0.4 is 24.7 Å². The summed E-state index contributed by atoms with van der Waals surface area (Å²) in [6, 6.07) is 8.46. The third kappa shape index (κ3) is 11.9. The monoisotopic (exact) mass is 879 g/mol. The van der Waals surface area contributed by atoms with Crippen LogP contribution in [-0.4, -0.2) is 80.1 Å². The van der Waals surface area contributed by atoms with Crippen LogP contribution >= 0.6 is 81.5 Å². The van der Waals surface area contributed by atoms with Gasteiger partial charge in [0.2, 0.25) is 11.6 Å². The fourth-order valence-corrected chi connectivity index (χ4v) is 8.68. The van der Waals surface area contributed by atoms with E-state index in [9.17, 15) is 21.6 Å². The summed E-state index contributed by atoms with van der Waals surface area (Å²) < 4.78 is 64.9. The van der Waals surface area contributed by atoms with Crippen molar-refractivity contribution in [3.8, 4) is 11.8 Å². The predicted octanol–water partition coefficient (Wildman–Crippen LogP) is 6.46. The van der Waals surface area contributed by atoms with Crippen LogP contribution in [0.2, 0.25) is 25.2 Å². The Morgan fingerprint density at radius 3 is 1.84 bits per heavy atom. The Hall–Kier alpha value is -2.72. The first kappa shape index (κ1) is 42.7. The van der Waals surface area contributed by atoms with Crippen molar-refractivity contribution in [3.05, 3.63) is 67.8 Å².